The lowest BCUT2D eigenvalue weighted by atomic mass is 10.00. The van der Waals surface area contributed by atoms with E-state index in [0.29, 0.717) is 12.5 Å². The topological polar surface area (TPSA) is 36.4 Å². The van der Waals surface area contributed by atoms with Crippen molar-refractivity contribution in [2.45, 2.75) is 31.3 Å². The van der Waals surface area contributed by atoms with Crippen molar-refractivity contribution in [2.75, 3.05) is 20.6 Å². The van der Waals surface area contributed by atoms with Crippen molar-refractivity contribution in [2.24, 2.45) is 0 Å². The van der Waals surface area contributed by atoms with E-state index in [0.717, 1.165) is 24.3 Å². The molecule has 2 atom stereocenters. The van der Waals surface area contributed by atoms with E-state index in [1.165, 1.54) is 5.56 Å². The lowest BCUT2D eigenvalue weighted by molar-refractivity contribution is -0.131. The molecule has 5 heteroatoms. The van der Waals surface area contributed by atoms with Gasteiger partial charge < -0.3 is 9.80 Å². The highest BCUT2D eigenvalue weighted by Gasteiger charge is 2.37. The van der Waals surface area contributed by atoms with Crippen LogP contribution in [0.3, 0.4) is 0 Å². The Morgan fingerprint density at radius 1 is 1.35 bits per heavy atom. The number of pyridine rings is 1. The second-order valence-electron chi connectivity index (χ2n) is 6.29. The Hall–Kier alpha value is -1.72. The summed E-state index contributed by atoms with van der Waals surface area (Å²) in [7, 11) is 4.22. The van der Waals surface area contributed by atoms with Crippen molar-refractivity contribution in [1.29, 1.82) is 0 Å². The lowest BCUT2D eigenvalue weighted by Crippen LogP contribution is -2.46. The molecule has 1 saturated heterocycles. The van der Waals surface area contributed by atoms with Gasteiger partial charge in [-0.15, -0.1) is 11.3 Å². The zero-order valence-electron chi connectivity index (χ0n) is 13.7. The molecule has 1 aliphatic rings. The first-order valence-corrected chi connectivity index (χ1v) is 8.90. The second kappa shape index (κ2) is 7.23. The van der Waals surface area contributed by atoms with E-state index in [9.17, 15) is 4.79 Å². The molecule has 0 radical (unpaired) electrons. The molecule has 3 rings (SSSR count). The Morgan fingerprint density at radius 3 is 2.78 bits per heavy atom. The molecular formula is C18H23N3OS. The fraction of sp³-hybridized carbons (Fsp3) is 0.444. The van der Waals surface area contributed by atoms with Crippen molar-refractivity contribution in [1.82, 2.24) is 14.8 Å². The summed E-state index contributed by atoms with van der Waals surface area (Å²) in [5.74, 6) is 0.246. The van der Waals surface area contributed by atoms with Crippen LogP contribution in [0.5, 0.6) is 0 Å². The number of nitrogens with zero attached hydrogens (tertiary/aromatic N) is 3. The normalized spacial score (nSPS) is 21.1. The van der Waals surface area contributed by atoms with Gasteiger partial charge in [0, 0.05) is 29.9 Å². The minimum Gasteiger partial charge on any atom is -0.337 e. The van der Waals surface area contributed by atoms with Gasteiger partial charge in [-0.2, -0.15) is 0 Å². The summed E-state index contributed by atoms with van der Waals surface area (Å²) in [5, 5.41) is 2.03. The van der Waals surface area contributed by atoms with Gasteiger partial charge in [0.25, 0.3) is 0 Å². The lowest BCUT2D eigenvalue weighted by Gasteiger charge is -2.31. The number of likely N-dealkylation sites (N-methyl/N-ethyl adjacent to an activating group) is 1. The summed E-state index contributed by atoms with van der Waals surface area (Å²) in [4.78, 5) is 22.4. The summed E-state index contributed by atoms with van der Waals surface area (Å²) in [6, 6.07) is 8.80. The highest BCUT2D eigenvalue weighted by Crippen LogP contribution is 2.26. The number of hydrogen-bond acceptors (Lipinski definition) is 4. The third-order valence-electron chi connectivity index (χ3n) is 4.59. The molecule has 1 aliphatic heterocycles. The number of thiophene rings is 1. The number of carbonyl (C=O) groups is 1. The quantitative estimate of drug-likeness (QED) is 0.845. The van der Waals surface area contributed by atoms with Gasteiger partial charge in [-0.05, 0) is 56.1 Å². The fourth-order valence-electron chi connectivity index (χ4n) is 3.42. The van der Waals surface area contributed by atoms with Crippen LogP contribution >= 0.6 is 11.3 Å². The van der Waals surface area contributed by atoms with Gasteiger partial charge in [0.1, 0.15) is 0 Å². The van der Waals surface area contributed by atoms with Crippen LogP contribution in [0.4, 0.5) is 0 Å². The van der Waals surface area contributed by atoms with E-state index < -0.39 is 0 Å². The summed E-state index contributed by atoms with van der Waals surface area (Å²) >= 11 is 1.66. The third kappa shape index (κ3) is 3.79. The molecule has 0 N–H and O–H groups in total. The van der Waals surface area contributed by atoms with Crippen molar-refractivity contribution in [3.8, 4) is 0 Å². The van der Waals surface area contributed by atoms with Crippen LogP contribution < -0.4 is 0 Å². The Morgan fingerprint density at radius 2 is 2.13 bits per heavy atom. The van der Waals surface area contributed by atoms with Crippen LogP contribution in [0.2, 0.25) is 0 Å². The Balaban J connectivity index is 1.76. The van der Waals surface area contributed by atoms with Crippen LogP contribution in [-0.2, 0) is 17.6 Å². The van der Waals surface area contributed by atoms with E-state index in [1.807, 2.05) is 42.0 Å². The standard InChI is InChI=1S/C18H23N3OS/c1-20(2)16-7-10-21(18(22)13-15-4-3-11-23-15)17(16)12-14-5-8-19-9-6-14/h3-6,8-9,11,16-17H,7,10,12-13H2,1-2H3/t16-,17+/m1/s1. The first-order valence-electron chi connectivity index (χ1n) is 8.02. The molecule has 1 amide bonds. The van der Waals surface area contributed by atoms with E-state index in [-0.39, 0.29) is 11.9 Å². The minimum atomic E-state index is 0.236. The molecule has 122 valence electrons. The molecule has 0 spiro atoms. The number of hydrogen-bond donors (Lipinski definition) is 0. The van der Waals surface area contributed by atoms with E-state index >= 15 is 0 Å². The Kier molecular flexibility index (Phi) is 5.08. The Bertz CT molecular complexity index is 627. The van der Waals surface area contributed by atoms with Gasteiger partial charge in [0.15, 0.2) is 0 Å². The van der Waals surface area contributed by atoms with Crippen molar-refractivity contribution < 1.29 is 4.79 Å². The molecule has 0 aromatic carbocycles. The van der Waals surface area contributed by atoms with Gasteiger partial charge in [0.05, 0.1) is 12.5 Å². The van der Waals surface area contributed by atoms with Gasteiger partial charge in [-0.1, -0.05) is 6.07 Å². The van der Waals surface area contributed by atoms with E-state index in [1.54, 1.807) is 11.3 Å². The monoisotopic (exact) mass is 329 g/mol. The van der Waals surface area contributed by atoms with Gasteiger partial charge in [-0.25, -0.2) is 0 Å². The maximum Gasteiger partial charge on any atom is 0.228 e. The van der Waals surface area contributed by atoms with E-state index in [4.69, 9.17) is 0 Å². The summed E-state index contributed by atoms with van der Waals surface area (Å²) in [6.07, 6.45) is 6.10. The van der Waals surface area contributed by atoms with Crippen LogP contribution in [0, 0.1) is 0 Å². The van der Waals surface area contributed by atoms with Crippen molar-refractivity contribution in [3.05, 3.63) is 52.5 Å². The summed E-state index contributed by atoms with van der Waals surface area (Å²) in [6.45, 7) is 0.850. The molecular weight excluding hydrogens is 306 g/mol. The molecule has 23 heavy (non-hydrogen) atoms. The smallest absolute Gasteiger partial charge is 0.228 e. The molecule has 0 unspecified atom stereocenters. The Labute approximate surface area is 141 Å². The second-order valence-corrected chi connectivity index (χ2v) is 7.32. The molecule has 0 saturated carbocycles. The number of carbonyl (C=O) groups excluding carboxylic acids is 1. The molecule has 2 aromatic heterocycles. The zero-order chi connectivity index (χ0) is 16.2. The van der Waals surface area contributed by atoms with Crippen LogP contribution in [0.15, 0.2) is 42.0 Å². The summed E-state index contributed by atoms with van der Waals surface area (Å²) < 4.78 is 0. The van der Waals surface area contributed by atoms with Gasteiger partial charge in [0.2, 0.25) is 5.91 Å². The first kappa shape index (κ1) is 16.1. The molecule has 1 fully saturated rings. The van der Waals surface area contributed by atoms with Crippen LogP contribution in [0.1, 0.15) is 16.9 Å². The van der Waals surface area contributed by atoms with Gasteiger partial charge in [-0.3, -0.25) is 9.78 Å². The van der Waals surface area contributed by atoms with Crippen LogP contribution in [0.25, 0.3) is 0 Å². The largest absolute Gasteiger partial charge is 0.337 e. The highest BCUT2D eigenvalue weighted by atomic mass is 32.1. The minimum absolute atomic E-state index is 0.236. The molecule has 0 aliphatic carbocycles. The van der Waals surface area contributed by atoms with E-state index in [2.05, 4.69) is 28.9 Å². The predicted molar refractivity (Wildman–Crippen MR) is 93.6 cm³/mol. The van der Waals surface area contributed by atoms with Crippen molar-refractivity contribution >= 4 is 17.2 Å². The van der Waals surface area contributed by atoms with Crippen molar-refractivity contribution in [3.63, 3.8) is 0 Å². The number of amides is 1. The third-order valence-corrected chi connectivity index (χ3v) is 5.47. The SMILES string of the molecule is CN(C)[C@@H]1CCN(C(=O)Cc2cccs2)[C@H]1Cc1ccncc1. The maximum atomic E-state index is 12.8. The molecule has 3 heterocycles. The maximum absolute atomic E-state index is 12.8. The average molecular weight is 329 g/mol. The molecule has 4 nitrogen and oxygen atoms in total. The van der Waals surface area contributed by atoms with Crippen LogP contribution in [-0.4, -0.2) is 53.4 Å². The molecule has 2 aromatic rings. The number of rotatable bonds is 5. The summed E-state index contributed by atoms with van der Waals surface area (Å²) in [5.41, 5.74) is 1.24. The fourth-order valence-corrected chi connectivity index (χ4v) is 4.12. The predicted octanol–water partition coefficient (Wildman–Crippen LogP) is 2.46. The molecule has 0 bridgehead atoms. The zero-order valence-corrected chi connectivity index (χ0v) is 14.5. The average Bonchev–Trinajstić information content (AvgIpc) is 3.18. The number of aromatic nitrogens is 1. The number of likely N-dealkylation sites (tertiary alicyclic amines) is 1. The van der Waals surface area contributed by atoms with Gasteiger partial charge >= 0.3 is 0 Å². The first-order chi connectivity index (χ1) is 11.1. The highest BCUT2D eigenvalue weighted by molar-refractivity contribution is 7.10.